The number of carbonyl (C=O) groups is 1. The minimum absolute atomic E-state index is 0.0588. The van der Waals surface area contributed by atoms with E-state index >= 15 is 0 Å². The third-order valence-corrected chi connectivity index (χ3v) is 10.6. The summed E-state index contributed by atoms with van der Waals surface area (Å²) in [7, 11) is 0. The molecule has 0 amide bonds. The zero-order valence-electron chi connectivity index (χ0n) is 26.7. The number of benzene rings is 1. The van der Waals surface area contributed by atoms with Gasteiger partial charge >= 0.3 is 5.97 Å². The first-order valence-electron chi connectivity index (χ1n) is 16.4. The predicted molar refractivity (Wildman–Crippen MR) is 174 cm³/mol. The molecule has 7 aliphatic rings. The number of hydrogen-bond acceptors (Lipinski definition) is 11. The number of esters is 1. The Balaban J connectivity index is 1.09. The summed E-state index contributed by atoms with van der Waals surface area (Å²) in [6.07, 6.45) is 14.0. The van der Waals surface area contributed by atoms with Gasteiger partial charge in [-0.3, -0.25) is 4.79 Å². The molecule has 11 heteroatoms. The van der Waals surface area contributed by atoms with Gasteiger partial charge in [0.1, 0.15) is 39.9 Å². The average molecular weight is 641 g/mol. The molecule has 1 aliphatic carbocycles. The Kier molecular flexibility index (Phi) is 6.60. The van der Waals surface area contributed by atoms with Crippen LogP contribution in [-0.2, 0) is 14.3 Å². The van der Waals surface area contributed by atoms with Gasteiger partial charge in [-0.25, -0.2) is 4.79 Å². The normalized spacial score (nSPS) is 33.3. The number of allylic oxidation sites excluding steroid dienone is 3. The molecule has 6 aliphatic heterocycles. The minimum atomic E-state index is -1.10. The van der Waals surface area contributed by atoms with Gasteiger partial charge in [-0.1, -0.05) is 24.3 Å². The van der Waals surface area contributed by atoms with E-state index in [2.05, 4.69) is 34.9 Å². The highest BCUT2D eigenvalue weighted by atomic mass is 16.7. The lowest BCUT2D eigenvalue weighted by atomic mass is 9.69. The van der Waals surface area contributed by atoms with E-state index < -0.39 is 29.2 Å². The van der Waals surface area contributed by atoms with Crippen LogP contribution in [0.4, 0.5) is 0 Å². The Morgan fingerprint density at radius 3 is 2.68 bits per heavy atom. The molecule has 7 heterocycles. The number of nitrogens with two attached hydrogens (primary N) is 2. The number of aryl methyl sites for hydroxylation is 1. The molecule has 1 spiro atoms. The lowest BCUT2D eigenvalue weighted by Crippen LogP contribution is -2.53. The van der Waals surface area contributed by atoms with Crippen LogP contribution in [-0.4, -0.2) is 47.1 Å². The lowest BCUT2D eigenvalue weighted by molar-refractivity contribution is -0.172. The Hall–Kier alpha value is -4.64. The Labute approximate surface area is 272 Å². The maximum Gasteiger partial charge on any atom is 0.342 e. The van der Waals surface area contributed by atoms with E-state index in [-0.39, 0.29) is 46.1 Å². The van der Waals surface area contributed by atoms with Crippen molar-refractivity contribution in [3.63, 3.8) is 0 Å². The number of epoxide rings is 1. The van der Waals surface area contributed by atoms with Crippen LogP contribution < -0.4 is 32.3 Å². The van der Waals surface area contributed by atoms with Gasteiger partial charge in [0.05, 0.1) is 23.8 Å². The molecule has 2 bridgehead atoms. The van der Waals surface area contributed by atoms with E-state index in [1.165, 1.54) is 6.07 Å². The number of hydrogen-bond donors (Lipinski definition) is 5. The maximum atomic E-state index is 14.3. The number of phenols is 1. The van der Waals surface area contributed by atoms with Crippen LogP contribution >= 0.6 is 0 Å². The molecule has 0 radical (unpaired) electrons. The summed E-state index contributed by atoms with van der Waals surface area (Å²) in [5.74, 6) is 0.802. The van der Waals surface area contributed by atoms with Gasteiger partial charge in [0.25, 0.3) is 0 Å². The van der Waals surface area contributed by atoms with Gasteiger partial charge in [-0.2, -0.15) is 0 Å². The van der Waals surface area contributed by atoms with E-state index in [9.17, 15) is 14.7 Å². The minimum Gasteiger partial charge on any atom is -0.507 e. The Morgan fingerprint density at radius 1 is 1.09 bits per heavy atom. The summed E-state index contributed by atoms with van der Waals surface area (Å²) in [4.78, 5) is 27.3. The third kappa shape index (κ3) is 4.73. The second-order valence-electron chi connectivity index (χ2n) is 14.1. The third-order valence-electron chi connectivity index (χ3n) is 10.6. The van der Waals surface area contributed by atoms with Crippen molar-refractivity contribution in [1.82, 2.24) is 10.6 Å². The van der Waals surface area contributed by atoms with Crippen molar-refractivity contribution in [2.45, 2.75) is 81.8 Å². The van der Waals surface area contributed by atoms with E-state index in [4.69, 9.17) is 30.1 Å². The summed E-state index contributed by atoms with van der Waals surface area (Å²) >= 11 is 0. The molecule has 1 aromatic heterocycles. The first-order valence-corrected chi connectivity index (χ1v) is 16.4. The van der Waals surface area contributed by atoms with Gasteiger partial charge in [0, 0.05) is 36.1 Å². The Morgan fingerprint density at radius 2 is 1.91 bits per heavy atom. The SMILES string of the molecule is Cc1cc(=O)c2c(O)c3c(cc2o1)OC(C)(C)C1OC(=O)C2(OC2CCC2=CC(C4=CCNC(N)=C4)NC(N)=C2)C2C=CC(CC2)C31. The number of nitrogens with one attached hydrogen (secondary N) is 2. The molecular formula is C36H40N4O7. The highest BCUT2D eigenvalue weighted by molar-refractivity contribution is 5.88. The topological polar surface area (TPSA) is 175 Å². The van der Waals surface area contributed by atoms with Crippen molar-refractivity contribution in [3.05, 3.63) is 92.9 Å². The molecule has 0 saturated carbocycles. The molecule has 1 aromatic carbocycles. The standard InChI is InChI=1S/C36H40N4O7/c1-17-12-23(41)30-24(44-17)16-25-31(32(30)42)29-19-5-7-21(8-6-19)36(34(43)45-33(29)35(2,3)46-25)26(47-36)9-4-18-13-22(40-28(38)14-18)20-10-11-39-27(37)15-20/h5,7,10,12-16,19,21-22,26,29,33,39-40,42H,4,6,8-9,11,37-38H2,1-3H3. The fourth-order valence-corrected chi connectivity index (χ4v) is 8.39. The quantitative estimate of drug-likeness (QED) is 0.188. The summed E-state index contributed by atoms with van der Waals surface area (Å²) < 4.78 is 25.1. The molecule has 7 atom stereocenters. The van der Waals surface area contributed by atoms with E-state index in [0.717, 1.165) is 24.0 Å². The van der Waals surface area contributed by atoms with Crippen molar-refractivity contribution < 1.29 is 28.5 Å². The maximum absolute atomic E-state index is 14.3. The molecule has 7 N–H and O–H groups in total. The molecule has 9 rings (SSSR count). The summed E-state index contributed by atoms with van der Waals surface area (Å²) in [5.41, 5.74) is 12.7. The molecule has 2 aromatic rings. The zero-order valence-corrected chi connectivity index (χ0v) is 26.7. The monoisotopic (exact) mass is 640 g/mol. The predicted octanol–water partition coefficient (Wildman–Crippen LogP) is 3.52. The molecule has 7 unspecified atom stereocenters. The number of fused-ring (bicyclic) bond motifs is 4. The first kappa shape index (κ1) is 29.7. The van der Waals surface area contributed by atoms with Gasteiger partial charge in [-0.15, -0.1) is 0 Å². The van der Waals surface area contributed by atoms with Gasteiger partial charge < -0.3 is 45.8 Å². The summed E-state index contributed by atoms with van der Waals surface area (Å²) in [6, 6.07) is 2.94. The largest absolute Gasteiger partial charge is 0.507 e. The summed E-state index contributed by atoms with van der Waals surface area (Å²) in [6.45, 7) is 6.12. The van der Waals surface area contributed by atoms with Crippen molar-refractivity contribution >= 4 is 16.9 Å². The highest BCUT2D eigenvalue weighted by Gasteiger charge is 2.69. The number of phenolic OH excluding ortho intramolecular Hbond substituents is 1. The van der Waals surface area contributed by atoms with Crippen LogP contribution in [0, 0.1) is 18.8 Å². The second kappa shape index (κ2) is 10.4. The second-order valence-corrected chi connectivity index (χ2v) is 14.1. The van der Waals surface area contributed by atoms with Crippen molar-refractivity contribution in [2.24, 2.45) is 23.3 Å². The zero-order chi connectivity index (χ0) is 32.8. The van der Waals surface area contributed by atoms with Crippen LogP contribution in [0.3, 0.4) is 0 Å². The lowest BCUT2D eigenvalue weighted by Gasteiger charge is -2.46. The van der Waals surface area contributed by atoms with Gasteiger partial charge in [-0.05, 0) is 75.7 Å². The summed E-state index contributed by atoms with van der Waals surface area (Å²) in [5, 5.41) is 18.1. The van der Waals surface area contributed by atoms with E-state index in [1.807, 2.05) is 26.0 Å². The first-order chi connectivity index (χ1) is 22.4. The van der Waals surface area contributed by atoms with Crippen molar-refractivity contribution in [2.75, 3.05) is 6.54 Å². The number of dihydropyridines is 2. The van der Waals surface area contributed by atoms with Crippen molar-refractivity contribution in [1.29, 1.82) is 0 Å². The smallest absolute Gasteiger partial charge is 0.342 e. The highest BCUT2D eigenvalue weighted by Crippen LogP contribution is 2.58. The number of rotatable bonds is 4. The average Bonchev–Trinajstić information content (AvgIpc) is 3.74. The fraction of sp³-hybridized carbons (Fsp3) is 0.444. The molecule has 11 nitrogen and oxygen atoms in total. The van der Waals surface area contributed by atoms with Crippen LogP contribution in [0.5, 0.6) is 11.5 Å². The van der Waals surface area contributed by atoms with E-state index in [0.29, 0.717) is 48.1 Å². The molecule has 2 saturated heterocycles. The van der Waals surface area contributed by atoms with Gasteiger partial charge in [0.2, 0.25) is 0 Å². The van der Waals surface area contributed by atoms with Crippen LogP contribution in [0.1, 0.15) is 56.8 Å². The number of ether oxygens (including phenoxy) is 3. The number of carbonyl (C=O) groups excluding carboxylic acids is 1. The van der Waals surface area contributed by atoms with Crippen LogP contribution in [0.2, 0.25) is 0 Å². The number of aromatic hydroxyl groups is 1. The van der Waals surface area contributed by atoms with E-state index in [1.54, 1.807) is 13.0 Å². The van der Waals surface area contributed by atoms with Crippen molar-refractivity contribution in [3.8, 4) is 11.5 Å². The van der Waals surface area contributed by atoms with Gasteiger partial charge in [0.15, 0.2) is 11.0 Å². The molecule has 2 fully saturated rings. The van der Waals surface area contributed by atoms with Crippen LogP contribution in [0.25, 0.3) is 11.0 Å². The van der Waals surface area contributed by atoms with Crippen LogP contribution in [0.15, 0.2) is 80.6 Å². The Bertz CT molecular complexity index is 1920. The molecular weight excluding hydrogens is 600 g/mol. The molecule has 47 heavy (non-hydrogen) atoms. The molecule has 246 valence electrons. The fourth-order valence-electron chi connectivity index (χ4n) is 8.39.